The first-order valence-electron chi connectivity index (χ1n) is 8.05. The molecule has 136 valence electrons. The van der Waals surface area contributed by atoms with E-state index in [0.717, 1.165) is 5.56 Å². The molecule has 0 aliphatic carbocycles. The highest BCUT2D eigenvalue weighted by atomic mass is 32.2. The van der Waals surface area contributed by atoms with Gasteiger partial charge in [0.2, 0.25) is 5.91 Å². The van der Waals surface area contributed by atoms with E-state index in [1.54, 1.807) is 24.0 Å². The van der Waals surface area contributed by atoms with Crippen LogP contribution in [0.25, 0.3) is 11.6 Å². The van der Waals surface area contributed by atoms with Gasteiger partial charge < -0.3 is 19.0 Å². The Balaban J connectivity index is 1.71. The predicted octanol–water partition coefficient (Wildman–Crippen LogP) is 3.51. The number of hydrogen-bond acceptors (Lipinski definition) is 6. The fraction of sp³-hybridized carbons (Fsp3) is 0.278. The number of furan rings is 1. The van der Waals surface area contributed by atoms with Gasteiger partial charge in [-0.1, -0.05) is 17.8 Å². The van der Waals surface area contributed by atoms with Crippen molar-refractivity contribution in [3.8, 4) is 17.3 Å². The molecule has 1 amide bonds. The van der Waals surface area contributed by atoms with E-state index >= 15 is 0 Å². The van der Waals surface area contributed by atoms with Crippen LogP contribution in [0.2, 0.25) is 0 Å². The summed E-state index contributed by atoms with van der Waals surface area (Å²) >= 11 is 1.33. The van der Waals surface area contributed by atoms with Crippen molar-refractivity contribution in [3.05, 3.63) is 42.2 Å². The van der Waals surface area contributed by atoms with E-state index in [9.17, 15) is 4.79 Å². The van der Waals surface area contributed by atoms with Crippen LogP contribution in [-0.4, -0.2) is 33.0 Å². The number of carbonyl (C=O) groups excluding carboxylic acids is 1. The molecule has 7 nitrogen and oxygen atoms in total. The predicted molar refractivity (Wildman–Crippen MR) is 100 cm³/mol. The van der Waals surface area contributed by atoms with Gasteiger partial charge in [0.25, 0.3) is 0 Å². The van der Waals surface area contributed by atoms with Crippen molar-refractivity contribution in [3.63, 3.8) is 0 Å². The molecule has 3 rings (SSSR count). The molecule has 1 unspecified atom stereocenters. The second-order valence-electron chi connectivity index (χ2n) is 5.80. The van der Waals surface area contributed by atoms with Gasteiger partial charge >= 0.3 is 0 Å². The number of carbonyl (C=O) groups is 1. The number of nitrogens with one attached hydrogen (secondary N) is 1. The second-order valence-corrected chi connectivity index (χ2v) is 7.10. The molecule has 3 aromatic rings. The number of aryl methyl sites for hydroxylation is 1. The van der Waals surface area contributed by atoms with Gasteiger partial charge in [-0.25, -0.2) is 0 Å². The highest BCUT2D eigenvalue weighted by Gasteiger charge is 2.21. The number of aromatic nitrogens is 3. The van der Waals surface area contributed by atoms with Gasteiger partial charge in [0, 0.05) is 7.05 Å². The molecule has 0 saturated carbocycles. The van der Waals surface area contributed by atoms with E-state index in [4.69, 9.17) is 9.15 Å². The number of methoxy groups -OCH3 is 1. The van der Waals surface area contributed by atoms with Crippen LogP contribution < -0.4 is 10.1 Å². The Labute approximate surface area is 155 Å². The second kappa shape index (κ2) is 7.65. The van der Waals surface area contributed by atoms with Crippen LogP contribution in [0.5, 0.6) is 5.75 Å². The van der Waals surface area contributed by atoms with Gasteiger partial charge in [0.05, 0.1) is 24.3 Å². The maximum Gasteiger partial charge on any atom is 0.237 e. The van der Waals surface area contributed by atoms with E-state index in [0.29, 0.717) is 28.2 Å². The summed E-state index contributed by atoms with van der Waals surface area (Å²) in [5.41, 5.74) is 1.69. The zero-order valence-electron chi connectivity index (χ0n) is 15.0. The zero-order valence-corrected chi connectivity index (χ0v) is 15.8. The maximum absolute atomic E-state index is 12.6. The number of thioether (sulfide) groups is 1. The minimum absolute atomic E-state index is 0.138. The molecule has 1 aromatic carbocycles. The Kier molecular flexibility index (Phi) is 5.32. The van der Waals surface area contributed by atoms with Gasteiger partial charge in [-0.3, -0.25) is 4.79 Å². The topological polar surface area (TPSA) is 82.2 Å². The molecule has 0 bridgehead atoms. The van der Waals surface area contributed by atoms with Gasteiger partial charge in [-0.2, -0.15) is 0 Å². The molecule has 0 radical (unpaired) electrons. The molecule has 1 atom stereocenters. The molecular formula is C18H20N4O3S. The average molecular weight is 372 g/mol. The maximum atomic E-state index is 12.6. The number of nitrogens with zero attached hydrogens (tertiary/aromatic N) is 3. The van der Waals surface area contributed by atoms with Crippen molar-refractivity contribution in [2.45, 2.75) is 24.3 Å². The number of anilines is 1. The SMILES string of the molecule is COc1ccc(C)cc1NC(=O)C(C)Sc1nnc(-c2ccco2)n1C. The number of amides is 1. The normalized spacial score (nSPS) is 12.0. The van der Waals surface area contributed by atoms with E-state index in [1.807, 2.05) is 45.2 Å². The van der Waals surface area contributed by atoms with Crippen LogP contribution in [0, 0.1) is 6.92 Å². The summed E-state index contributed by atoms with van der Waals surface area (Å²) in [6.07, 6.45) is 1.59. The summed E-state index contributed by atoms with van der Waals surface area (Å²) in [4.78, 5) is 12.6. The number of benzene rings is 1. The zero-order chi connectivity index (χ0) is 18.7. The summed E-state index contributed by atoms with van der Waals surface area (Å²) in [5, 5.41) is 11.5. The Morgan fingerprint density at radius 3 is 2.85 bits per heavy atom. The van der Waals surface area contributed by atoms with Gasteiger partial charge in [0.15, 0.2) is 16.7 Å². The standard InChI is InChI=1S/C18H20N4O3S/c1-11-7-8-14(24-4)13(10-11)19-17(23)12(2)26-18-21-20-16(22(18)3)15-6-5-9-25-15/h5-10,12H,1-4H3,(H,19,23). The quantitative estimate of drug-likeness (QED) is 0.667. The lowest BCUT2D eigenvalue weighted by Gasteiger charge is -2.14. The Morgan fingerprint density at radius 2 is 2.15 bits per heavy atom. The van der Waals surface area contributed by atoms with E-state index in [1.165, 1.54) is 11.8 Å². The average Bonchev–Trinajstić information content (AvgIpc) is 3.25. The monoisotopic (exact) mass is 372 g/mol. The first kappa shape index (κ1) is 18.1. The lowest BCUT2D eigenvalue weighted by Crippen LogP contribution is -2.23. The third kappa shape index (κ3) is 3.75. The van der Waals surface area contributed by atoms with Crippen LogP contribution in [0.15, 0.2) is 46.2 Å². The van der Waals surface area contributed by atoms with Crippen LogP contribution >= 0.6 is 11.8 Å². The Bertz CT molecular complexity index is 905. The van der Waals surface area contributed by atoms with Crippen molar-refractivity contribution in [1.29, 1.82) is 0 Å². The minimum atomic E-state index is -0.368. The summed E-state index contributed by atoms with van der Waals surface area (Å²) in [5.74, 6) is 1.74. The first-order valence-corrected chi connectivity index (χ1v) is 8.93. The minimum Gasteiger partial charge on any atom is -0.495 e. The fourth-order valence-corrected chi connectivity index (χ4v) is 3.22. The highest BCUT2D eigenvalue weighted by Crippen LogP contribution is 2.29. The molecule has 0 saturated heterocycles. The van der Waals surface area contributed by atoms with Crippen LogP contribution in [-0.2, 0) is 11.8 Å². The third-order valence-corrected chi connectivity index (χ3v) is 4.97. The smallest absolute Gasteiger partial charge is 0.237 e. The lowest BCUT2D eigenvalue weighted by atomic mass is 10.2. The lowest BCUT2D eigenvalue weighted by molar-refractivity contribution is -0.115. The van der Waals surface area contributed by atoms with Crippen molar-refractivity contribution in [2.24, 2.45) is 7.05 Å². The van der Waals surface area contributed by atoms with E-state index in [2.05, 4.69) is 15.5 Å². The largest absolute Gasteiger partial charge is 0.495 e. The fourth-order valence-electron chi connectivity index (χ4n) is 2.40. The number of hydrogen-bond donors (Lipinski definition) is 1. The van der Waals surface area contributed by atoms with Crippen molar-refractivity contribution in [1.82, 2.24) is 14.8 Å². The van der Waals surface area contributed by atoms with Crippen molar-refractivity contribution < 1.29 is 13.9 Å². The number of ether oxygens (including phenoxy) is 1. The summed E-state index contributed by atoms with van der Waals surface area (Å²) in [6.45, 7) is 3.78. The first-order chi connectivity index (χ1) is 12.5. The van der Waals surface area contributed by atoms with Crippen LogP contribution in [0.1, 0.15) is 12.5 Å². The molecule has 1 N–H and O–H groups in total. The highest BCUT2D eigenvalue weighted by molar-refractivity contribution is 8.00. The van der Waals surface area contributed by atoms with Crippen molar-refractivity contribution in [2.75, 3.05) is 12.4 Å². The van der Waals surface area contributed by atoms with E-state index in [-0.39, 0.29) is 11.2 Å². The molecule has 2 heterocycles. The molecule has 0 spiro atoms. The summed E-state index contributed by atoms with van der Waals surface area (Å²) in [6, 6.07) is 9.26. The summed E-state index contributed by atoms with van der Waals surface area (Å²) < 4.78 is 12.5. The van der Waals surface area contributed by atoms with Gasteiger partial charge in [-0.05, 0) is 43.7 Å². The summed E-state index contributed by atoms with van der Waals surface area (Å²) in [7, 11) is 3.42. The molecule has 2 aromatic heterocycles. The Morgan fingerprint density at radius 1 is 1.35 bits per heavy atom. The molecule has 8 heteroatoms. The van der Waals surface area contributed by atoms with Gasteiger partial charge in [-0.15, -0.1) is 10.2 Å². The van der Waals surface area contributed by atoms with Gasteiger partial charge in [0.1, 0.15) is 5.75 Å². The van der Waals surface area contributed by atoms with Crippen molar-refractivity contribution >= 4 is 23.4 Å². The van der Waals surface area contributed by atoms with E-state index < -0.39 is 0 Å². The molecular weight excluding hydrogens is 352 g/mol. The molecule has 0 aliphatic heterocycles. The molecule has 0 aliphatic rings. The number of rotatable bonds is 6. The van der Waals surface area contributed by atoms with Crippen LogP contribution in [0.3, 0.4) is 0 Å². The Hall–Kier alpha value is -2.74. The third-order valence-electron chi connectivity index (χ3n) is 3.84. The van der Waals surface area contributed by atoms with Crippen LogP contribution in [0.4, 0.5) is 5.69 Å². The molecule has 26 heavy (non-hydrogen) atoms. The molecule has 0 fully saturated rings.